The largest absolute Gasteiger partial charge is 0.491 e. The summed E-state index contributed by atoms with van der Waals surface area (Å²) in [4.78, 5) is 12.2. The number of ether oxygens (including phenoxy) is 1. The van der Waals surface area contributed by atoms with E-state index in [9.17, 15) is 9.18 Å². The second-order valence-corrected chi connectivity index (χ2v) is 6.82. The van der Waals surface area contributed by atoms with Crippen molar-refractivity contribution in [3.63, 3.8) is 0 Å². The molecule has 0 heterocycles. The third-order valence-corrected chi connectivity index (χ3v) is 4.44. The predicted octanol–water partition coefficient (Wildman–Crippen LogP) is 4.08. The molecule has 1 aliphatic carbocycles. The lowest BCUT2D eigenvalue weighted by Crippen LogP contribution is -2.27. The Hall–Kier alpha value is -2.36. The van der Waals surface area contributed by atoms with Gasteiger partial charge in [0.05, 0.1) is 6.10 Å². The van der Waals surface area contributed by atoms with E-state index in [0.29, 0.717) is 12.1 Å². The van der Waals surface area contributed by atoms with Gasteiger partial charge in [0, 0.05) is 12.5 Å². The highest BCUT2D eigenvalue weighted by molar-refractivity contribution is 5.82. The Morgan fingerprint density at radius 2 is 1.92 bits per heavy atom. The van der Waals surface area contributed by atoms with Crippen LogP contribution in [0.5, 0.6) is 5.75 Å². The SMILES string of the molecule is CC(C)Oc1ccc(CCNC(=O)[C@H]2C[C@H]2c2ccccc2F)cc1. The molecule has 132 valence electrons. The molecule has 4 heteroatoms. The van der Waals surface area contributed by atoms with Crippen LogP contribution in [0.25, 0.3) is 0 Å². The third kappa shape index (κ3) is 4.59. The monoisotopic (exact) mass is 341 g/mol. The van der Waals surface area contributed by atoms with Gasteiger partial charge < -0.3 is 10.1 Å². The molecule has 0 radical (unpaired) electrons. The van der Waals surface area contributed by atoms with Gasteiger partial charge in [-0.1, -0.05) is 30.3 Å². The number of rotatable bonds is 7. The molecule has 0 unspecified atom stereocenters. The molecule has 2 aromatic carbocycles. The lowest BCUT2D eigenvalue weighted by atomic mass is 10.1. The van der Waals surface area contributed by atoms with Gasteiger partial charge >= 0.3 is 0 Å². The molecule has 0 saturated heterocycles. The number of carbonyl (C=O) groups excluding carboxylic acids is 1. The van der Waals surface area contributed by atoms with Crippen molar-refractivity contribution in [2.75, 3.05) is 6.54 Å². The highest BCUT2D eigenvalue weighted by Gasteiger charge is 2.44. The molecule has 1 amide bonds. The Bertz CT molecular complexity index is 727. The zero-order valence-electron chi connectivity index (χ0n) is 14.7. The van der Waals surface area contributed by atoms with Gasteiger partial charge in [-0.2, -0.15) is 0 Å². The average molecular weight is 341 g/mol. The molecular formula is C21H24FNO2. The first-order valence-electron chi connectivity index (χ1n) is 8.82. The lowest BCUT2D eigenvalue weighted by molar-refractivity contribution is -0.122. The normalized spacial score (nSPS) is 18.9. The molecule has 1 N–H and O–H groups in total. The second-order valence-electron chi connectivity index (χ2n) is 6.82. The smallest absolute Gasteiger partial charge is 0.223 e. The van der Waals surface area contributed by atoms with Crippen molar-refractivity contribution in [2.24, 2.45) is 5.92 Å². The zero-order valence-corrected chi connectivity index (χ0v) is 14.7. The molecule has 0 aliphatic heterocycles. The number of benzene rings is 2. The minimum Gasteiger partial charge on any atom is -0.491 e. The highest BCUT2D eigenvalue weighted by Crippen LogP contribution is 2.48. The van der Waals surface area contributed by atoms with Crippen LogP contribution in [0.2, 0.25) is 0 Å². The van der Waals surface area contributed by atoms with Crippen LogP contribution in [-0.4, -0.2) is 18.6 Å². The minimum atomic E-state index is -0.216. The zero-order chi connectivity index (χ0) is 17.8. The van der Waals surface area contributed by atoms with Gasteiger partial charge in [-0.15, -0.1) is 0 Å². The summed E-state index contributed by atoms with van der Waals surface area (Å²) in [5.41, 5.74) is 1.81. The van der Waals surface area contributed by atoms with Crippen molar-refractivity contribution in [3.05, 3.63) is 65.5 Å². The van der Waals surface area contributed by atoms with Crippen LogP contribution in [0.15, 0.2) is 48.5 Å². The first-order valence-corrected chi connectivity index (χ1v) is 8.82. The second kappa shape index (κ2) is 7.68. The molecule has 3 rings (SSSR count). The summed E-state index contributed by atoms with van der Waals surface area (Å²) in [6, 6.07) is 14.7. The maximum Gasteiger partial charge on any atom is 0.223 e. The van der Waals surface area contributed by atoms with Crippen molar-refractivity contribution < 1.29 is 13.9 Å². The molecule has 3 nitrogen and oxygen atoms in total. The molecular weight excluding hydrogens is 317 g/mol. The van der Waals surface area contributed by atoms with Gasteiger partial charge in [0.1, 0.15) is 11.6 Å². The molecule has 0 aromatic heterocycles. The highest BCUT2D eigenvalue weighted by atomic mass is 19.1. The summed E-state index contributed by atoms with van der Waals surface area (Å²) in [6.45, 7) is 4.58. The van der Waals surface area contributed by atoms with E-state index >= 15 is 0 Å². The molecule has 1 fully saturated rings. The number of hydrogen-bond donors (Lipinski definition) is 1. The fourth-order valence-electron chi connectivity index (χ4n) is 3.07. The summed E-state index contributed by atoms with van der Waals surface area (Å²) in [5.74, 6) is 0.584. The van der Waals surface area contributed by atoms with Crippen LogP contribution in [0, 0.1) is 11.7 Å². The summed E-state index contributed by atoms with van der Waals surface area (Å²) in [7, 11) is 0. The van der Waals surface area contributed by atoms with Crippen LogP contribution in [0.3, 0.4) is 0 Å². The summed E-state index contributed by atoms with van der Waals surface area (Å²) in [5, 5.41) is 2.97. The number of amides is 1. The van der Waals surface area contributed by atoms with E-state index in [1.165, 1.54) is 6.07 Å². The molecule has 25 heavy (non-hydrogen) atoms. The quantitative estimate of drug-likeness (QED) is 0.824. The number of hydrogen-bond acceptors (Lipinski definition) is 2. The van der Waals surface area contributed by atoms with Crippen molar-refractivity contribution in [1.82, 2.24) is 5.32 Å². The van der Waals surface area contributed by atoms with Gasteiger partial charge in [0.15, 0.2) is 0 Å². The number of nitrogens with one attached hydrogen (secondary N) is 1. The van der Waals surface area contributed by atoms with Crippen LogP contribution >= 0.6 is 0 Å². The minimum absolute atomic E-state index is 0.0213. The first-order chi connectivity index (χ1) is 12.0. The lowest BCUT2D eigenvalue weighted by Gasteiger charge is -2.10. The average Bonchev–Trinajstić information content (AvgIpc) is 3.37. The van der Waals surface area contributed by atoms with Crippen LogP contribution in [-0.2, 0) is 11.2 Å². The first kappa shape index (κ1) is 17.5. The Labute approximate surface area is 148 Å². The molecule has 1 aliphatic rings. The van der Waals surface area contributed by atoms with E-state index < -0.39 is 0 Å². The van der Waals surface area contributed by atoms with Crippen molar-refractivity contribution in [3.8, 4) is 5.75 Å². The van der Waals surface area contributed by atoms with Gasteiger partial charge in [-0.3, -0.25) is 4.79 Å². The Balaban J connectivity index is 1.44. The molecule has 2 atom stereocenters. The van der Waals surface area contributed by atoms with Crippen LogP contribution < -0.4 is 10.1 Å². The molecule has 0 spiro atoms. The standard InChI is InChI=1S/C21H24FNO2/c1-14(2)25-16-9-7-15(8-10-16)11-12-23-21(24)19-13-18(19)17-5-3-4-6-20(17)22/h3-10,14,18-19H,11-13H2,1-2H3,(H,23,24)/t18-,19-/m0/s1. The maximum absolute atomic E-state index is 13.8. The van der Waals surface area contributed by atoms with E-state index in [0.717, 1.165) is 24.2 Å². The Morgan fingerprint density at radius 1 is 1.20 bits per heavy atom. The summed E-state index contributed by atoms with van der Waals surface area (Å²) >= 11 is 0. The fraction of sp³-hybridized carbons (Fsp3) is 0.381. The summed E-state index contributed by atoms with van der Waals surface area (Å²) < 4.78 is 19.4. The maximum atomic E-state index is 13.8. The van der Waals surface area contributed by atoms with Crippen molar-refractivity contribution in [2.45, 2.75) is 38.7 Å². The van der Waals surface area contributed by atoms with E-state index in [1.54, 1.807) is 12.1 Å². The van der Waals surface area contributed by atoms with Crippen molar-refractivity contribution in [1.29, 1.82) is 0 Å². The molecule has 2 aromatic rings. The summed E-state index contributed by atoms with van der Waals surface area (Å²) in [6.07, 6.45) is 1.66. The molecule has 0 bridgehead atoms. The van der Waals surface area contributed by atoms with E-state index in [4.69, 9.17) is 4.74 Å². The van der Waals surface area contributed by atoms with Crippen molar-refractivity contribution >= 4 is 5.91 Å². The van der Waals surface area contributed by atoms with Gasteiger partial charge in [-0.05, 0) is 61.9 Å². The predicted molar refractivity (Wildman–Crippen MR) is 96.2 cm³/mol. The van der Waals surface area contributed by atoms with E-state index in [2.05, 4.69) is 5.32 Å². The Morgan fingerprint density at radius 3 is 2.60 bits per heavy atom. The molecule has 1 saturated carbocycles. The fourth-order valence-corrected chi connectivity index (χ4v) is 3.07. The topological polar surface area (TPSA) is 38.3 Å². The van der Waals surface area contributed by atoms with Gasteiger partial charge in [-0.25, -0.2) is 4.39 Å². The van der Waals surface area contributed by atoms with E-state index in [-0.39, 0.29) is 29.7 Å². The third-order valence-electron chi connectivity index (χ3n) is 4.44. The van der Waals surface area contributed by atoms with Crippen LogP contribution in [0.1, 0.15) is 37.3 Å². The number of carbonyl (C=O) groups is 1. The Kier molecular flexibility index (Phi) is 5.37. The van der Waals surface area contributed by atoms with Gasteiger partial charge in [0.25, 0.3) is 0 Å². The number of halogens is 1. The van der Waals surface area contributed by atoms with E-state index in [1.807, 2.05) is 44.2 Å². The van der Waals surface area contributed by atoms with Crippen LogP contribution in [0.4, 0.5) is 4.39 Å². The van der Waals surface area contributed by atoms with Gasteiger partial charge in [0.2, 0.25) is 5.91 Å².